The van der Waals surface area contributed by atoms with Gasteiger partial charge >= 0.3 is 5.97 Å². The topological polar surface area (TPSA) is 46.6 Å². The lowest BCUT2D eigenvalue weighted by atomic mass is 10.1. The summed E-state index contributed by atoms with van der Waals surface area (Å²) in [6, 6.07) is 7.37. The molecule has 1 rings (SSSR count). The number of nitrogens with zero attached hydrogens (tertiary/aromatic N) is 1. The number of carbonyl (C=O) groups excluding carboxylic acids is 2. The highest BCUT2D eigenvalue weighted by Gasteiger charge is 2.26. The molecule has 21 heavy (non-hydrogen) atoms. The fraction of sp³-hybridized carbons (Fsp3) is 0.500. The third-order valence-electron chi connectivity index (χ3n) is 3.56. The first kappa shape index (κ1) is 17.7. The molecule has 2 atom stereocenters. The van der Waals surface area contributed by atoms with Crippen LogP contribution in [0, 0.1) is 5.92 Å². The van der Waals surface area contributed by atoms with Crippen molar-refractivity contribution < 1.29 is 14.3 Å². The Bertz CT molecular complexity index is 504. The largest absolute Gasteiger partial charge is 0.469 e. The van der Waals surface area contributed by atoms with E-state index in [4.69, 9.17) is 4.74 Å². The van der Waals surface area contributed by atoms with E-state index >= 15 is 0 Å². The SMILES string of the molecule is CCC(C)N(CC(C)C(=O)OC)C(=O)c1ccccc1Br. The molecule has 0 saturated carbocycles. The third kappa shape index (κ3) is 4.56. The zero-order valence-corrected chi connectivity index (χ0v) is 14.5. The van der Waals surface area contributed by atoms with E-state index in [1.165, 1.54) is 7.11 Å². The summed E-state index contributed by atoms with van der Waals surface area (Å²) in [6.45, 7) is 6.13. The molecule has 0 aliphatic rings. The van der Waals surface area contributed by atoms with Crippen molar-refractivity contribution in [3.8, 4) is 0 Å². The van der Waals surface area contributed by atoms with Gasteiger partial charge in [-0.1, -0.05) is 26.0 Å². The first-order valence-corrected chi connectivity index (χ1v) is 7.84. The zero-order valence-electron chi connectivity index (χ0n) is 12.9. The number of carbonyl (C=O) groups is 2. The maximum Gasteiger partial charge on any atom is 0.310 e. The fourth-order valence-electron chi connectivity index (χ4n) is 2.04. The van der Waals surface area contributed by atoms with Gasteiger partial charge in [-0.3, -0.25) is 9.59 Å². The Morgan fingerprint density at radius 1 is 1.29 bits per heavy atom. The summed E-state index contributed by atoms with van der Waals surface area (Å²) < 4.78 is 5.51. The van der Waals surface area contributed by atoms with E-state index < -0.39 is 0 Å². The summed E-state index contributed by atoms with van der Waals surface area (Å²) in [4.78, 5) is 26.1. The van der Waals surface area contributed by atoms with Crippen molar-refractivity contribution in [2.75, 3.05) is 13.7 Å². The van der Waals surface area contributed by atoms with Gasteiger partial charge in [0.1, 0.15) is 0 Å². The van der Waals surface area contributed by atoms with E-state index in [0.29, 0.717) is 12.1 Å². The summed E-state index contributed by atoms with van der Waals surface area (Å²) >= 11 is 3.41. The van der Waals surface area contributed by atoms with Crippen LogP contribution < -0.4 is 0 Å². The third-order valence-corrected chi connectivity index (χ3v) is 4.25. The quantitative estimate of drug-likeness (QED) is 0.733. The van der Waals surface area contributed by atoms with Gasteiger partial charge in [0.05, 0.1) is 18.6 Å². The highest BCUT2D eigenvalue weighted by atomic mass is 79.9. The predicted molar refractivity (Wildman–Crippen MR) is 86.1 cm³/mol. The average molecular weight is 356 g/mol. The van der Waals surface area contributed by atoms with Gasteiger partial charge in [0.15, 0.2) is 0 Å². The second-order valence-corrected chi connectivity index (χ2v) is 5.97. The summed E-state index contributed by atoms with van der Waals surface area (Å²) in [5, 5.41) is 0. The molecule has 1 aromatic carbocycles. The van der Waals surface area contributed by atoms with Crippen molar-refractivity contribution in [1.29, 1.82) is 0 Å². The molecular formula is C16H22BrNO3. The van der Waals surface area contributed by atoms with E-state index in [0.717, 1.165) is 10.9 Å². The Labute approximate surface area is 134 Å². The summed E-state index contributed by atoms with van der Waals surface area (Å²) in [6.07, 6.45) is 0.823. The molecule has 4 nitrogen and oxygen atoms in total. The van der Waals surface area contributed by atoms with Crippen molar-refractivity contribution in [3.05, 3.63) is 34.3 Å². The van der Waals surface area contributed by atoms with E-state index in [9.17, 15) is 9.59 Å². The number of esters is 1. The Hall–Kier alpha value is -1.36. The van der Waals surface area contributed by atoms with Crippen LogP contribution >= 0.6 is 15.9 Å². The van der Waals surface area contributed by atoms with Crippen molar-refractivity contribution in [2.45, 2.75) is 33.2 Å². The minimum absolute atomic E-state index is 0.0525. The van der Waals surface area contributed by atoms with Gasteiger partial charge in [0.25, 0.3) is 5.91 Å². The monoisotopic (exact) mass is 355 g/mol. The molecule has 0 saturated heterocycles. The van der Waals surface area contributed by atoms with E-state index in [2.05, 4.69) is 15.9 Å². The van der Waals surface area contributed by atoms with Crippen LogP contribution in [0.4, 0.5) is 0 Å². The van der Waals surface area contributed by atoms with Crippen LogP contribution in [0.5, 0.6) is 0 Å². The number of benzene rings is 1. The highest BCUT2D eigenvalue weighted by Crippen LogP contribution is 2.20. The Morgan fingerprint density at radius 2 is 1.90 bits per heavy atom. The van der Waals surface area contributed by atoms with Crippen LogP contribution in [0.3, 0.4) is 0 Å². The number of hydrogen-bond donors (Lipinski definition) is 0. The van der Waals surface area contributed by atoms with Crippen LogP contribution in [0.2, 0.25) is 0 Å². The highest BCUT2D eigenvalue weighted by molar-refractivity contribution is 9.10. The van der Waals surface area contributed by atoms with E-state index in [1.54, 1.807) is 17.9 Å². The molecule has 5 heteroatoms. The molecule has 0 aliphatic carbocycles. The maximum absolute atomic E-state index is 12.8. The van der Waals surface area contributed by atoms with E-state index in [1.807, 2.05) is 32.0 Å². The predicted octanol–water partition coefficient (Wildman–Crippen LogP) is 3.50. The molecule has 2 unspecified atom stereocenters. The lowest BCUT2D eigenvalue weighted by molar-refractivity contribution is -0.145. The lowest BCUT2D eigenvalue weighted by Gasteiger charge is -2.30. The number of ether oxygens (including phenoxy) is 1. The molecule has 0 heterocycles. The Balaban J connectivity index is 3.00. The second kappa shape index (κ2) is 8.17. The molecule has 0 radical (unpaired) electrons. The summed E-state index contributed by atoms with van der Waals surface area (Å²) in [5.74, 6) is -0.730. The van der Waals surface area contributed by atoms with Crippen LogP contribution in [0.15, 0.2) is 28.7 Å². The van der Waals surface area contributed by atoms with Gasteiger partial charge in [-0.2, -0.15) is 0 Å². The molecule has 116 valence electrons. The van der Waals surface area contributed by atoms with E-state index in [-0.39, 0.29) is 23.8 Å². The molecular weight excluding hydrogens is 334 g/mol. The van der Waals surface area contributed by atoms with Crippen molar-refractivity contribution in [3.63, 3.8) is 0 Å². The smallest absolute Gasteiger partial charge is 0.310 e. The molecule has 1 aromatic rings. The fourth-order valence-corrected chi connectivity index (χ4v) is 2.50. The number of halogens is 1. The minimum atomic E-state index is -0.351. The normalized spacial score (nSPS) is 13.4. The van der Waals surface area contributed by atoms with Gasteiger partial charge in [-0.15, -0.1) is 0 Å². The Kier molecular flexibility index (Phi) is 6.89. The van der Waals surface area contributed by atoms with Crippen molar-refractivity contribution in [2.24, 2.45) is 5.92 Å². The van der Waals surface area contributed by atoms with Gasteiger partial charge in [-0.05, 0) is 41.4 Å². The van der Waals surface area contributed by atoms with Crippen LogP contribution in [-0.4, -0.2) is 36.5 Å². The van der Waals surface area contributed by atoms with Crippen LogP contribution in [0.1, 0.15) is 37.6 Å². The number of methoxy groups -OCH3 is 1. The van der Waals surface area contributed by atoms with Gasteiger partial charge in [0.2, 0.25) is 0 Å². The average Bonchev–Trinajstić information content (AvgIpc) is 2.50. The molecule has 0 fully saturated rings. The van der Waals surface area contributed by atoms with Gasteiger partial charge in [0, 0.05) is 17.1 Å². The maximum atomic E-state index is 12.8. The molecule has 0 aromatic heterocycles. The van der Waals surface area contributed by atoms with Gasteiger partial charge < -0.3 is 9.64 Å². The number of rotatable bonds is 6. The standard InChI is InChI=1S/C16H22BrNO3/c1-5-12(3)18(10-11(2)16(20)21-4)15(19)13-8-6-7-9-14(13)17/h6-9,11-12H,5,10H2,1-4H3. The second-order valence-electron chi connectivity index (χ2n) is 5.12. The molecule has 0 N–H and O–H groups in total. The molecule has 1 amide bonds. The first-order chi connectivity index (χ1) is 9.92. The van der Waals surface area contributed by atoms with Crippen molar-refractivity contribution >= 4 is 27.8 Å². The summed E-state index contributed by atoms with van der Waals surface area (Å²) in [7, 11) is 1.36. The van der Waals surface area contributed by atoms with Crippen molar-refractivity contribution in [1.82, 2.24) is 4.90 Å². The van der Waals surface area contributed by atoms with Gasteiger partial charge in [-0.25, -0.2) is 0 Å². The lowest BCUT2D eigenvalue weighted by Crippen LogP contribution is -2.42. The zero-order chi connectivity index (χ0) is 16.0. The van der Waals surface area contributed by atoms with Crippen LogP contribution in [0.25, 0.3) is 0 Å². The van der Waals surface area contributed by atoms with Crippen LogP contribution in [-0.2, 0) is 9.53 Å². The number of hydrogen-bond acceptors (Lipinski definition) is 3. The minimum Gasteiger partial charge on any atom is -0.469 e. The first-order valence-electron chi connectivity index (χ1n) is 7.05. The molecule has 0 spiro atoms. The molecule has 0 aliphatic heterocycles. The Morgan fingerprint density at radius 3 is 2.43 bits per heavy atom. The summed E-state index contributed by atoms with van der Waals surface area (Å²) in [5.41, 5.74) is 0.606. The number of amides is 1. The molecule has 0 bridgehead atoms.